The van der Waals surface area contributed by atoms with Crippen molar-refractivity contribution in [1.82, 2.24) is 0 Å². The summed E-state index contributed by atoms with van der Waals surface area (Å²) in [5, 5.41) is 0. The van der Waals surface area contributed by atoms with Crippen LogP contribution < -0.4 is 0 Å². The zero-order chi connectivity index (χ0) is 7.40. The Hall–Kier alpha value is -0.720. The first-order valence-electron chi connectivity index (χ1n) is 3.83. The van der Waals surface area contributed by atoms with Gasteiger partial charge in [-0.3, -0.25) is 0 Å². The lowest BCUT2D eigenvalue weighted by atomic mass is 10.1. The van der Waals surface area contributed by atoms with Crippen LogP contribution in [0.1, 0.15) is 26.7 Å². The van der Waals surface area contributed by atoms with E-state index in [0.29, 0.717) is 0 Å². The molecule has 1 aliphatic carbocycles. The molecule has 0 saturated heterocycles. The zero-order valence-corrected chi connectivity index (χ0v) is 6.68. The van der Waals surface area contributed by atoms with E-state index in [1.165, 1.54) is 12.0 Å². The molecule has 0 aromatic rings. The van der Waals surface area contributed by atoms with E-state index < -0.39 is 0 Å². The van der Waals surface area contributed by atoms with Gasteiger partial charge in [-0.2, -0.15) is 0 Å². The summed E-state index contributed by atoms with van der Waals surface area (Å²) in [5.41, 5.74) is 1.38. The molecule has 56 valence electrons. The van der Waals surface area contributed by atoms with Gasteiger partial charge in [0.15, 0.2) is 0 Å². The van der Waals surface area contributed by atoms with Crippen molar-refractivity contribution in [2.24, 2.45) is 0 Å². The highest BCUT2D eigenvalue weighted by Gasteiger charge is 2.02. The fourth-order valence-electron chi connectivity index (χ4n) is 1.08. The summed E-state index contributed by atoms with van der Waals surface area (Å²) in [6, 6.07) is 0. The third kappa shape index (κ3) is 1.63. The number of hydrogen-bond donors (Lipinski definition) is 0. The van der Waals surface area contributed by atoms with E-state index >= 15 is 0 Å². The lowest BCUT2D eigenvalue weighted by Gasteiger charge is -2.11. The second-order valence-electron chi connectivity index (χ2n) is 2.52. The van der Waals surface area contributed by atoms with Crippen LogP contribution in [0.25, 0.3) is 0 Å². The summed E-state index contributed by atoms with van der Waals surface area (Å²) in [6.45, 7) is 4.92. The largest absolute Gasteiger partial charge is 0.494 e. The summed E-state index contributed by atoms with van der Waals surface area (Å²) in [7, 11) is 0. The lowest BCUT2D eigenvalue weighted by molar-refractivity contribution is 0.236. The molecule has 0 saturated carbocycles. The highest BCUT2D eigenvalue weighted by atomic mass is 16.5. The van der Waals surface area contributed by atoms with Gasteiger partial charge in [-0.1, -0.05) is 6.08 Å². The molecule has 0 radical (unpaired) electrons. The molecule has 0 fully saturated rings. The van der Waals surface area contributed by atoms with Crippen molar-refractivity contribution in [1.29, 1.82) is 0 Å². The van der Waals surface area contributed by atoms with E-state index in [0.717, 1.165) is 18.8 Å². The molecule has 0 heterocycles. The van der Waals surface area contributed by atoms with E-state index in [1.54, 1.807) is 0 Å². The Labute approximate surface area is 62.4 Å². The van der Waals surface area contributed by atoms with Crippen LogP contribution in [-0.4, -0.2) is 6.61 Å². The van der Waals surface area contributed by atoms with Crippen LogP contribution in [-0.2, 0) is 4.74 Å². The molecular weight excluding hydrogens is 124 g/mol. The van der Waals surface area contributed by atoms with Crippen LogP contribution in [0.15, 0.2) is 23.5 Å². The SMILES string of the molecule is CCOC1=C(C)CCC=C1. The van der Waals surface area contributed by atoms with Crippen molar-refractivity contribution in [3.8, 4) is 0 Å². The predicted molar refractivity (Wildman–Crippen MR) is 42.7 cm³/mol. The maximum atomic E-state index is 5.39. The quantitative estimate of drug-likeness (QED) is 0.570. The number of allylic oxidation sites excluding steroid dienone is 3. The maximum Gasteiger partial charge on any atom is 0.117 e. The Bertz CT molecular complexity index is 166. The first-order chi connectivity index (χ1) is 4.84. The van der Waals surface area contributed by atoms with Gasteiger partial charge in [-0.15, -0.1) is 0 Å². The van der Waals surface area contributed by atoms with Gasteiger partial charge in [-0.05, 0) is 38.3 Å². The molecule has 0 atom stereocenters. The van der Waals surface area contributed by atoms with Crippen molar-refractivity contribution in [3.63, 3.8) is 0 Å². The van der Waals surface area contributed by atoms with Crippen LogP contribution in [0, 0.1) is 0 Å². The standard InChI is InChI=1S/C9H14O/c1-3-10-9-7-5-4-6-8(9)2/h5,7H,3-4,6H2,1-2H3. The molecule has 0 aromatic heterocycles. The Morgan fingerprint density at radius 1 is 1.60 bits per heavy atom. The second kappa shape index (κ2) is 3.45. The second-order valence-corrected chi connectivity index (χ2v) is 2.52. The molecule has 0 spiro atoms. The van der Waals surface area contributed by atoms with Gasteiger partial charge in [0.25, 0.3) is 0 Å². The summed E-state index contributed by atoms with van der Waals surface area (Å²) in [5.74, 6) is 1.08. The maximum absolute atomic E-state index is 5.39. The molecule has 0 aliphatic heterocycles. The van der Waals surface area contributed by atoms with Gasteiger partial charge in [-0.25, -0.2) is 0 Å². The van der Waals surface area contributed by atoms with Crippen molar-refractivity contribution in [3.05, 3.63) is 23.5 Å². The van der Waals surface area contributed by atoms with Crippen LogP contribution in [0.3, 0.4) is 0 Å². The third-order valence-electron chi connectivity index (χ3n) is 1.68. The minimum atomic E-state index is 0.775. The fourth-order valence-corrected chi connectivity index (χ4v) is 1.08. The van der Waals surface area contributed by atoms with Crippen LogP contribution in [0.4, 0.5) is 0 Å². The minimum Gasteiger partial charge on any atom is -0.494 e. The van der Waals surface area contributed by atoms with Crippen LogP contribution in [0.2, 0.25) is 0 Å². The lowest BCUT2D eigenvalue weighted by Crippen LogP contribution is -1.96. The van der Waals surface area contributed by atoms with Crippen molar-refractivity contribution in [2.45, 2.75) is 26.7 Å². The number of rotatable bonds is 2. The Balaban J connectivity index is 2.60. The fraction of sp³-hybridized carbons (Fsp3) is 0.556. The Morgan fingerprint density at radius 3 is 3.00 bits per heavy atom. The van der Waals surface area contributed by atoms with Gasteiger partial charge in [0.05, 0.1) is 6.61 Å². The molecule has 1 nitrogen and oxygen atoms in total. The average molecular weight is 138 g/mol. The third-order valence-corrected chi connectivity index (χ3v) is 1.68. The van der Waals surface area contributed by atoms with E-state index in [1.807, 2.05) is 6.92 Å². The van der Waals surface area contributed by atoms with Gasteiger partial charge in [0.1, 0.15) is 5.76 Å². The molecule has 0 aromatic carbocycles. The van der Waals surface area contributed by atoms with Gasteiger partial charge < -0.3 is 4.74 Å². The summed E-state index contributed by atoms with van der Waals surface area (Å²) in [6.07, 6.45) is 6.56. The Kier molecular flexibility index (Phi) is 2.55. The molecule has 1 rings (SSSR count). The topological polar surface area (TPSA) is 9.23 Å². The normalized spacial score (nSPS) is 17.8. The monoisotopic (exact) mass is 138 g/mol. The van der Waals surface area contributed by atoms with Gasteiger partial charge in [0, 0.05) is 0 Å². The first kappa shape index (κ1) is 7.39. The molecule has 10 heavy (non-hydrogen) atoms. The number of hydrogen-bond acceptors (Lipinski definition) is 1. The summed E-state index contributed by atoms with van der Waals surface area (Å²) in [4.78, 5) is 0. The van der Waals surface area contributed by atoms with Crippen LogP contribution >= 0.6 is 0 Å². The molecule has 0 N–H and O–H groups in total. The van der Waals surface area contributed by atoms with Crippen molar-refractivity contribution < 1.29 is 4.74 Å². The first-order valence-corrected chi connectivity index (χ1v) is 3.83. The number of ether oxygens (including phenoxy) is 1. The summed E-state index contributed by atoms with van der Waals surface area (Å²) >= 11 is 0. The van der Waals surface area contributed by atoms with E-state index in [4.69, 9.17) is 4.74 Å². The molecule has 0 bridgehead atoms. The van der Waals surface area contributed by atoms with E-state index in [-0.39, 0.29) is 0 Å². The summed E-state index contributed by atoms with van der Waals surface area (Å²) < 4.78 is 5.39. The smallest absolute Gasteiger partial charge is 0.117 e. The van der Waals surface area contributed by atoms with Crippen LogP contribution in [0.5, 0.6) is 0 Å². The molecule has 0 amide bonds. The predicted octanol–water partition coefficient (Wildman–Crippen LogP) is 2.65. The highest BCUT2D eigenvalue weighted by molar-refractivity contribution is 5.22. The van der Waals surface area contributed by atoms with E-state index in [2.05, 4.69) is 19.1 Å². The van der Waals surface area contributed by atoms with Gasteiger partial charge in [0.2, 0.25) is 0 Å². The van der Waals surface area contributed by atoms with Gasteiger partial charge >= 0.3 is 0 Å². The molecular formula is C9H14O. The molecule has 1 heteroatoms. The minimum absolute atomic E-state index is 0.775. The van der Waals surface area contributed by atoms with Crippen molar-refractivity contribution >= 4 is 0 Å². The zero-order valence-electron chi connectivity index (χ0n) is 6.68. The van der Waals surface area contributed by atoms with E-state index in [9.17, 15) is 0 Å². The highest BCUT2D eigenvalue weighted by Crippen LogP contribution is 2.18. The Morgan fingerprint density at radius 2 is 2.40 bits per heavy atom. The van der Waals surface area contributed by atoms with Crippen molar-refractivity contribution in [2.75, 3.05) is 6.61 Å². The average Bonchev–Trinajstić information content (AvgIpc) is 1.94. The molecule has 0 unspecified atom stereocenters. The molecule has 1 aliphatic rings.